The summed E-state index contributed by atoms with van der Waals surface area (Å²) in [6, 6.07) is 4.06. The van der Waals surface area contributed by atoms with E-state index in [0.717, 1.165) is 0 Å². The largest absolute Gasteiger partial charge is 0.467 e. The molecule has 0 saturated carbocycles. The summed E-state index contributed by atoms with van der Waals surface area (Å²) in [5.41, 5.74) is 0.305. The summed E-state index contributed by atoms with van der Waals surface area (Å²) in [7, 11) is 1.23. The van der Waals surface area contributed by atoms with Crippen LogP contribution in [0.15, 0.2) is 24.3 Å². The lowest BCUT2D eigenvalue weighted by Crippen LogP contribution is -2.41. The van der Waals surface area contributed by atoms with Crippen LogP contribution in [0.2, 0.25) is 0 Å². The lowest BCUT2D eigenvalue weighted by molar-refractivity contribution is -0.142. The number of ether oxygens (including phenoxy) is 1. The molecule has 17 heavy (non-hydrogen) atoms. The molecular weight excluding hydrogens is 227 g/mol. The Kier molecular flexibility index (Phi) is 4.45. The lowest BCUT2D eigenvalue weighted by atomic mass is 10.3. The van der Waals surface area contributed by atoms with Gasteiger partial charge in [0.15, 0.2) is 0 Å². The second-order valence-corrected chi connectivity index (χ2v) is 3.35. The Morgan fingerprint density at radius 3 is 2.71 bits per heavy atom. The fraction of sp³-hybridized carbons (Fsp3) is 0.273. The Labute approximate surface area is 98.0 Å². The number of rotatable bonds is 3. The monoisotopic (exact) mass is 240 g/mol. The molecular formula is C11H13FN2O3. The molecule has 1 rings (SSSR count). The van der Waals surface area contributed by atoms with Crippen LogP contribution >= 0.6 is 0 Å². The number of carbonyl (C=O) groups is 2. The van der Waals surface area contributed by atoms with Crippen LogP contribution in [0.1, 0.15) is 6.92 Å². The van der Waals surface area contributed by atoms with Crippen LogP contribution < -0.4 is 10.6 Å². The van der Waals surface area contributed by atoms with Crippen molar-refractivity contribution in [1.29, 1.82) is 0 Å². The van der Waals surface area contributed by atoms with Gasteiger partial charge in [-0.15, -0.1) is 0 Å². The molecule has 0 radical (unpaired) electrons. The molecule has 5 nitrogen and oxygen atoms in total. The van der Waals surface area contributed by atoms with Crippen molar-refractivity contribution in [1.82, 2.24) is 5.32 Å². The molecule has 1 aromatic carbocycles. The maximum Gasteiger partial charge on any atom is 0.328 e. The van der Waals surface area contributed by atoms with Crippen LogP contribution in [0.5, 0.6) is 0 Å². The first-order chi connectivity index (χ1) is 8.02. The minimum Gasteiger partial charge on any atom is -0.467 e. The molecule has 0 spiro atoms. The number of anilines is 1. The number of benzene rings is 1. The van der Waals surface area contributed by atoms with Gasteiger partial charge in [0.2, 0.25) is 0 Å². The SMILES string of the molecule is COC(=O)C(C)NC(=O)Nc1cccc(F)c1. The van der Waals surface area contributed by atoms with E-state index in [-0.39, 0.29) is 0 Å². The van der Waals surface area contributed by atoms with Crippen LogP contribution in [-0.2, 0) is 9.53 Å². The zero-order chi connectivity index (χ0) is 12.8. The predicted molar refractivity (Wildman–Crippen MR) is 60.0 cm³/mol. The zero-order valence-corrected chi connectivity index (χ0v) is 9.49. The van der Waals surface area contributed by atoms with Crippen molar-refractivity contribution in [3.63, 3.8) is 0 Å². The maximum absolute atomic E-state index is 12.8. The van der Waals surface area contributed by atoms with Crippen LogP contribution in [0.3, 0.4) is 0 Å². The highest BCUT2D eigenvalue weighted by atomic mass is 19.1. The van der Waals surface area contributed by atoms with Crippen molar-refractivity contribution in [3.8, 4) is 0 Å². The van der Waals surface area contributed by atoms with Gasteiger partial charge in [-0.25, -0.2) is 14.0 Å². The molecule has 0 aliphatic heterocycles. The first-order valence-electron chi connectivity index (χ1n) is 4.94. The average molecular weight is 240 g/mol. The molecule has 1 atom stereocenters. The van der Waals surface area contributed by atoms with E-state index in [0.29, 0.717) is 5.69 Å². The summed E-state index contributed by atoms with van der Waals surface area (Å²) in [5, 5.41) is 4.75. The summed E-state index contributed by atoms with van der Waals surface area (Å²) < 4.78 is 17.3. The van der Waals surface area contributed by atoms with E-state index in [1.165, 1.54) is 38.3 Å². The van der Waals surface area contributed by atoms with E-state index in [2.05, 4.69) is 15.4 Å². The summed E-state index contributed by atoms with van der Waals surface area (Å²) in [5.74, 6) is -1.01. The highest BCUT2D eigenvalue weighted by Gasteiger charge is 2.15. The smallest absolute Gasteiger partial charge is 0.328 e. The molecule has 0 aliphatic rings. The number of hydrogen-bond donors (Lipinski definition) is 2. The standard InChI is InChI=1S/C11H13FN2O3/c1-7(10(15)17-2)13-11(16)14-9-5-3-4-8(12)6-9/h3-7H,1-2H3,(H2,13,14,16). The van der Waals surface area contributed by atoms with Crippen LogP contribution in [0.4, 0.5) is 14.9 Å². The van der Waals surface area contributed by atoms with E-state index in [9.17, 15) is 14.0 Å². The second kappa shape index (κ2) is 5.83. The van der Waals surface area contributed by atoms with Gasteiger partial charge in [0.1, 0.15) is 11.9 Å². The van der Waals surface area contributed by atoms with Crippen molar-refractivity contribution in [2.75, 3.05) is 12.4 Å². The summed E-state index contributed by atoms with van der Waals surface area (Å²) in [4.78, 5) is 22.4. The van der Waals surface area contributed by atoms with Gasteiger partial charge in [0.25, 0.3) is 0 Å². The van der Waals surface area contributed by atoms with Gasteiger partial charge in [-0.05, 0) is 25.1 Å². The fourth-order valence-electron chi connectivity index (χ4n) is 1.17. The topological polar surface area (TPSA) is 67.4 Å². The quantitative estimate of drug-likeness (QED) is 0.787. The van der Waals surface area contributed by atoms with Gasteiger partial charge in [0.05, 0.1) is 7.11 Å². The van der Waals surface area contributed by atoms with E-state index < -0.39 is 23.9 Å². The van der Waals surface area contributed by atoms with Gasteiger partial charge in [-0.3, -0.25) is 0 Å². The van der Waals surface area contributed by atoms with E-state index in [1.54, 1.807) is 0 Å². The number of nitrogens with one attached hydrogen (secondary N) is 2. The van der Waals surface area contributed by atoms with Gasteiger partial charge < -0.3 is 15.4 Å². The number of carbonyl (C=O) groups excluding carboxylic acids is 2. The Balaban J connectivity index is 2.53. The Hall–Kier alpha value is -2.11. The molecule has 6 heteroatoms. The molecule has 2 N–H and O–H groups in total. The number of urea groups is 1. The van der Waals surface area contributed by atoms with Crippen LogP contribution in [0.25, 0.3) is 0 Å². The predicted octanol–water partition coefficient (Wildman–Crippen LogP) is 1.51. The van der Waals surface area contributed by atoms with Gasteiger partial charge >= 0.3 is 12.0 Å². The van der Waals surface area contributed by atoms with E-state index >= 15 is 0 Å². The van der Waals surface area contributed by atoms with Crippen molar-refractivity contribution < 1.29 is 18.7 Å². The number of halogens is 1. The summed E-state index contributed by atoms with van der Waals surface area (Å²) in [6.07, 6.45) is 0. The van der Waals surface area contributed by atoms with Crippen molar-refractivity contribution in [2.45, 2.75) is 13.0 Å². The summed E-state index contributed by atoms with van der Waals surface area (Å²) >= 11 is 0. The number of esters is 1. The number of amides is 2. The maximum atomic E-state index is 12.8. The highest BCUT2D eigenvalue weighted by molar-refractivity contribution is 5.92. The zero-order valence-electron chi connectivity index (χ0n) is 9.49. The second-order valence-electron chi connectivity index (χ2n) is 3.35. The molecule has 2 amide bonds. The molecule has 1 unspecified atom stereocenters. The van der Waals surface area contributed by atoms with E-state index in [4.69, 9.17) is 0 Å². The van der Waals surface area contributed by atoms with Crippen molar-refractivity contribution in [2.24, 2.45) is 0 Å². The number of methoxy groups -OCH3 is 1. The van der Waals surface area contributed by atoms with Crippen LogP contribution in [-0.4, -0.2) is 25.2 Å². The normalized spacial score (nSPS) is 11.5. The average Bonchev–Trinajstić information content (AvgIpc) is 2.27. The molecule has 0 aromatic heterocycles. The molecule has 92 valence electrons. The molecule has 0 bridgehead atoms. The van der Waals surface area contributed by atoms with Gasteiger partial charge in [0, 0.05) is 5.69 Å². The third-order valence-corrected chi connectivity index (χ3v) is 1.98. The number of hydrogen-bond acceptors (Lipinski definition) is 3. The third-order valence-electron chi connectivity index (χ3n) is 1.98. The Morgan fingerprint density at radius 2 is 2.12 bits per heavy atom. The van der Waals surface area contributed by atoms with Crippen molar-refractivity contribution >= 4 is 17.7 Å². The minimum absolute atomic E-state index is 0.305. The molecule has 0 heterocycles. The molecule has 0 saturated heterocycles. The lowest BCUT2D eigenvalue weighted by Gasteiger charge is -2.12. The Bertz CT molecular complexity index is 423. The van der Waals surface area contributed by atoms with Gasteiger partial charge in [-0.2, -0.15) is 0 Å². The van der Waals surface area contributed by atoms with Crippen LogP contribution in [0, 0.1) is 5.82 Å². The van der Waals surface area contributed by atoms with Crippen molar-refractivity contribution in [3.05, 3.63) is 30.1 Å². The highest BCUT2D eigenvalue weighted by Crippen LogP contribution is 2.08. The minimum atomic E-state index is -0.770. The third kappa shape index (κ3) is 4.10. The first-order valence-corrected chi connectivity index (χ1v) is 4.94. The van der Waals surface area contributed by atoms with Gasteiger partial charge in [-0.1, -0.05) is 6.07 Å². The van der Waals surface area contributed by atoms with E-state index in [1.807, 2.05) is 0 Å². The first kappa shape index (κ1) is 13.0. The summed E-state index contributed by atoms with van der Waals surface area (Å²) in [6.45, 7) is 1.48. The Morgan fingerprint density at radius 1 is 1.41 bits per heavy atom. The molecule has 1 aromatic rings. The molecule has 0 fully saturated rings. The molecule has 0 aliphatic carbocycles. The fourth-order valence-corrected chi connectivity index (χ4v) is 1.17.